The van der Waals surface area contributed by atoms with Crippen molar-refractivity contribution in [1.29, 1.82) is 0 Å². The number of Topliss-reactive ketones (excluding diaryl/α,β-unsaturated/α-hetero) is 2. The zero-order valence-corrected chi connectivity index (χ0v) is 36.8. The zero-order chi connectivity index (χ0) is 44.0. The van der Waals surface area contributed by atoms with Crippen molar-refractivity contribution in [3.8, 4) is 11.5 Å². The fourth-order valence-electron chi connectivity index (χ4n) is 7.97. The highest BCUT2D eigenvalue weighted by atomic mass is 16.5. The minimum absolute atomic E-state index is 0.00832. The van der Waals surface area contributed by atoms with Crippen molar-refractivity contribution in [3.63, 3.8) is 0 Å². The van der Waals surface area contributed by atoms with Crippen LogP contribution in [0.25, 0.3) is 22.1 Å². The molecule has 0 amide bonds. The van der Waals surface area contributed by atoms with E-state index in [2.05, 4.69) is 42.9 Å². The Morgan fingerprint density at radius 2 is 1.00 bits per heavy atom. The number of pyridine rings is 4. The normalized spacial score (nSPS) is 13.4. The van der Waals surface area contributed by atoms with Crippen LogP contribution in [-0.4, -0.2) is 81.3 Å². The predicted octanol–water partition coefficient (Wildman–Crippen LogP) is 7.52. The summed E-state index contributed by atoms with van der Waals surface area (Å²) in [6, 6.07) is 11.1. The summed E-state index contributed by atoms with van der Waals surface area (Å²) in [5, 5.41) is 1.64. The Bertz CT molecular complexity index is 2440. The van der Waals surface area contributed by atoms with Gasteiger partial charge in [-0.15, -0.1) is 0 Å². The lowest BCUT2D eigenvalue weighted by molar-refractivity contribution is 0.0782. The summed E-state index contributed by atoms with van der Waals surface area (Å²) in [6.07, 6.45) is 4.37. The number of methoxy groups -OCH3 is 4. The SMILES string of the molecule is COc1cc(C)[nH]c(=O)c1CCC(=O)c1c(C)n(C(C)C(C)OC)c2ncccc12.COc1cc(C)[nH]c(=O)c1CCC(=O)c1c(C)n(C(C)C(C)OC)c2ncccc12. The summed E-state index contributed by atoms with van der Waals surface area (Å²) < 4.78 is 25.9. The van der Waals surface area contributed by atoms with Crippen LogP contribution in [0, 0.1) is 27.7 Å². The van der Waals surface area contributed by atoms with E-state index in [0.717, 1.165) is 44.8 Å². The van der Waals surface area contributed by atoms with E-state index in [1.807, 2.05) is 52.0 Å². The first-order valence-electron chi connectivity index (χ1n) is 20.2. The molecule has 0 saturated carbocycles. The van der Waals surface area contributed by atoms with E-state index in [1.165, 1.54) is 14.2 Å². The van der Waals surface area contributed by atoms with Gasteiger partial charge in [-0.3, -0.25) is 19.2 Å². The summed E-state index contributed by atoms with van der Waals surface area (Å²) >= 11 is 0. The fraction of sp³-hybridized carbons (Fsp3) is 0.435. The second kappa shape index (κ2) is 19.5. The van der Waals surface area contributed by atoms with Gasteiger partial charge in [0.05, 0.1) is 49.6 Å². The minimum Gasteiger partial charge on any atom is -0.496 e. The van der Waals surface area contributed by atoms with Crippen LogP contribution in [0.1, 0.15) is 107 Å². The lowest BCUT2D eigenvalue weighted by Gasteiger charge is -2.22. The highest BCUT2D eigenvalue weighted by molar-refractivity contribution is 6.09. The monoisotopic (exact) mass is 822 g/mol. The van der Waals surface area contributed by atoms with Crippen LogP contribution < -0.4 is 20.6 Å². The smallest absolute Gasteiger partial charge is 0.255 e. The lowest BCUT2D eigenvalue weighted by atomic mass is 10.0. The molecule has 0 aliphatic carbocycles. The van der Waals surface area contributed by atoms with Gasteiger partial charge in [-0.2, -0.15) is 0 Å². The Morgan fingerprint density at radius 3 is 1.33 bits per heavy atom. The van der Waals surface area contributed by atoms with Gasteiger partial charge in [0, 0.05) is 84.1 Å². The highest BCUT2D eigenvalue weighted by Gasteiger charge is 2.27. The Hall–Kier alpha value is -5.86. The number of nitrogens with zero attached hydrogens (tertiary/aromatic N) is 4. The van der Waals surface area contributed by atoms with Crippen LogP contribution in [0.4, 0.5) is 0 Å². The predicted molar refractivity (Wildman–Crippen MR) is 233 cm³/mol. The molecule has 14 heteroatoms. The number of carbonyl (C=O) groups excluding carboxylic acids is 2. The molecule has 0 fully saturated rings. The van der Waals surface area contributed by atoms with E-state index in [9.17, 15) is 19.2 Å². The van der Waals surface area contributed by atoms with Crippen molar-refractivity contribution < 1.29 is 28.5 Å². The highest BCUT2D eigenvalue weighted by Crippen LogP contribution is 2.33. The molecule has 6 rings (SSSR count). The molecule has 0 spiro atoms. The van der Waals surface area contributed by atoms with E-state index in [4.69, 9.17) is 18.9 Å². The van der Waals surface area contributed by atoms with Gasteiger partial charge in [-0.1, -0.05) is 0 Å². The Labute approximate surface area is 350 Å². The molecule has 14 nitrogen and oxygen atoms in total. The van der Waals surface area contributed by atoms with Crippen molar-refractivity contribution in [3.05, 3.63) is 115 Å². The lowest BCUT2D eigenvalue weighted by Crippen LogP contribution is -2.22. The van der Waals surface area contributed by atoms with Crippen LogP contribution >= 0.6 is 0 Å². The molecule has 4 unspecified atom stereocenters. The number of hydrogen-bond acceptors (Lipinski definition) is 10. The Balaban J connectivity index is 0.000000228. The molecular weight excluding hydrogens is 765 g/mol. The first-order chi connectivity index (χ1) is 28.6. The maximum Gasteiger partial charge on any atom is 0.255 e. The number of aromatic nitrogens is 6. The number of rotatable bonds is 16. The molecule has 60 heavy (non-hydrogen) atoms. The number of fused-ring (bicyclic) bond motifs is 2. The van der Waals surface area contributed by atoms with Crippen molar-refractivity contribution in [2.75, 3.05) is 28.4 Å². The average molecular weight is 823 g/mol. The number of aryl methyl sites for hydroxylation is 2. The molecule has 320 valence electrons. The summed E-state index contributed by atoms with van der Waals surface area (Å²) in [4.78, 5) is 65.9. The molecule has 0 aliphatic heterocycles. The molecular formula is C46H58N6O8. The van der Waals surface area contributed by atoms with Crippen LogP contribution in [0.5, 0.6) is 11.5 Å². The number of aromatic amines is 2. The van der Waals surface area contributed by atoms with Crippen LogP contribution in [0.3, 0.4) is 0 Å². The van der Waals surface area contributed by atoms with Crippen LogP contribution in [-0.2, 0) is 22.3 Å². The topological polar surface area (TPSA) is 172 Å². The molecule has 0 saturated heterocycles. The quantitative estimate of drug-likeness (QED) is 0.0930. The van der Waals surface area contributed by atoms with E-state index in [0.29, 0.717) is 46.6 Å². The van der Waals surface area contributed by atoms with Gasteiger partial charge < -0.3 is 38.0 Å². The number of carbonyl (C=O) groups is 2. The van der Waals surface area contributed by atoms with Crippen molar-refractivity contribution in [2.45, 2.75) is 105 Å². The zero-order valence-electron chi connectivity index (χ0n) is 36.8. The molecule has 0 aromatic carbocycles. The molecule has 0 radical (unpaired) electrons. The molecule has 0 aliphatic rings. The number of hydrogen-bond donors (Lipinski definition) is 2. The van der Waals surface area contributed by atoms with E-state index in [1.54, 1.807) is 52.6 Å². The number of ketones is 2. The molecule has 6 heterocycles. The maximum atomic E-state index is 13.3. The van der Waals surface area contributed by atoms with E-state index < -0.39 is 0 Å². The van der Waals surface area contributed by atoms with Crippen LogP contribution in [0.2, 0.25) is 0 Å². The standard InChI is InChI=1S/2C23H29N3O4/c2*1-13-12-20(30-6)17(23(28)25-13)9-10-19(27)21-15(3)26(14(2)16(4)29-5)22-18(21)8-7-11-24-22/h2*7-8,11-12,14,16H,9-10H2,1-6H3,(H,25,28). The maximum absolute atomic E-state index is 13.3. The van der Waals surface area contributed by atoms with Gasteiger partial charge >= 0.3 is 0 Å². The van der Waals surface area contributed by atoms with Gasteiger partial charge in [0.15, 0.2) is 11.6 Å². The summed E-state index contributed by atoms with van der Waals surface area (Å²) in [5.41, 5.74) is 6.51. The van der Waals surface area contributed by atoms with Gasteiger partial charge in [0.1, 0.15) is 22.8 Å². The molecule has 2 N–H and O–H groups in total. The molecule has 6 aromatic heterocycles. The first-order valence-corrected chi connectivity index (χ1v) is 20.2. The molecule has 0 bridgehead atoms. The van der Waals surface area contributed by atoms with Gasteiger partial charge in [-0.05, 0) is 105 Å². The third-order valence-corrected chi connectivity index (χ3v) is 11.6. The average Bonchev–Trinajstić information content (AvgIpc) is 3.70. The minimum atomic E-state index is -0.219. The first kappa shape index (κ1) is 45.2. The number of ether oxygens (including phenoxy) is 4. The summed E-state index contributed by atoms with van der Waals surface area (Å²) in [6.45, 7) is 15.6. The molecule has 6 aromatic rings. The second-order valence-electron chi connectivity index (χ2n) is 15.3. The Kier molecular flexibility index (Phi) is 14.7. The summed E-state index contributed by atoms with van der Waals surface area (Å²) in [5.74, 6) is 0.965. The Morgan fingerprint density at radius 1 is 0.633 bits per heavy atom. The van der Waals surface area contributed by atoms with Crippen molar-refractivity contribution in [2.24, 2.45) is 0 Å². The molecule has 4 atom stereocenters. The van der Waals surface area contributed by atoms with Crippen molar-refractivity contribution in [1.82, 2.24) is 29.1 Å². The largest absolute Gasteiger partial charge is 0.496 e. The second-order valence-corrected chi connectivity index (χ2v) is 15.3. The summed E-state index contributed by atoms with van der Waals surface area (Å²) in [7, 11) is 6.41. The van der Waals surface area contributed by atoms with Gasteiger partial charge in [0.25, 0.3) is 11.1 Å². The number of nitrogens with one attached hydrogen (secondary N) is 2. The van der Waals surface area contributed by atoms with Crippen molar-refractivity contribution >= 4 is 33.6 Å². The third kappa shape index (κ3) is 9.14. The third-order valence-electron chi connectivity index (χ3n) is 11.6. The van der Waals surface area contributed by atoms with E-state index in [-0.39, 0.29) is 59.8 Å². The number of H-pyrrole nitrogens is 2. The van der Waals surface area contributed by atoms with Crippen LogP contribution in [0.15, 0.2) is 58.4 Å². The van der Waals surface area contributed by atoms with Gasteiger partial charge in [-0.25, -0.2) is 9.97 Å². The van der Waals surface area contributed by atoms with Gasteiger partial charge in [0.2, 0.25) is 0 Å². The van der Waals surface area contributed by atoms with E-state index >= 15 is 0 Å². The fourth-order valence-corrected chi connectivity index (χ4v) is 7.97.